The van der Waals surface area contributed by atoms with Gasteiger partial charge in [-0.15, -0.1) is 5.10 Å². The minimum Gasteiger partial charge on any atom is -0.338 e. The van der Waals surface area contributed by atoms with E-state index in [2.05, 4.69) is 46.4 Å². The normalized spacial score (nSPS) is 11.8. The quantitative estimate of drug-likeness (QED) is 0.665. The molecule has 0 saturated heterocycles. The molecule has 23 heavy (non-hydrogen) atoms. The van der Waals surface area contributed by atoms with Gasteiger partial charge in [-0.1, -0.05) is 47.3 Å². The first-order valence-electron chi connectivity index (χ1n) is 7.29. The molecule has 0 saturated carbocycles. The highest BCUT2D eigenvalue weighted by Crippen LogP contribution is 2.24. The first-order valence-corrected chi connectivity index (χ1v) is 8.28. The van der Waals surface area contributed by atoms with Crippen molar-refractivity contribution < 1.29 is 4.52 Å². The van der Waals surface area contributed by atoms with Gasteiger partial charge >= 0.3 is 0 Å². The van der Waals surface area contributed by atoms with Crippen LogP contribution in [0.15, 0.2) is 40.0 Å². The summed E-state index contributed by atoms with van der Waals surface area (Å²) in [5, 5.41) is 16.6. The zero-order valence-corrected chi connectivity index (χ0v) is 14.1. The molecule has 3 aromatic rings. The van der Waals surface area contributed by atoms with Gasteiger partial charge in [0.25, 0.3) is 0 Å². The lowest BCUT2D eigenvalue weighted by molar-refractivity contribution is 0.321. The lowest BCUT2D eigenvalue weighted by Gasteiger charge is -2.19. The third kappa shape index (κ3) is 3.95. The van der Waals surface area contributed by atoms with E-state index in [1.807, 2.05) is 30.3 Å². The van der Waals surface area contributed by atoms with Crippen LogP contribution >= 0.6 is 11.8 Å². The third-order valence-corrected chi connectivity index (χ3v) is 4.02. The first-order chi connectivity index (χ1) is 11.0. The first kappa shape index (κ1) is 15.7. The molecule has 0 aliphatic carbocycles. The maximum atomic E-state index is 5.30. The summed E-state index contributed by atoms with van der Waals surface area (Å²) in [6, 6.07) is 10.1. The fourth-order valence-corrected chi connectivity index (χ4v) is 2.91. The molecule has 120 valence electrons. The molecular weight excluding hydrogens is 312 g/mol. The zero-order chi connectivity index (χ0) is 16.3. The molecule has 0 atom stereocenters. The SMILES string of the molecule is CC(C)(C)n1nnnc1SCc1nc(Cc2ccccc2)no1. The molecule has 0 amide bonds. The van der Waals surface area contributed by atoms with Crippen molar-refractivity contribution in [1.29, 1.82) is 0 Å². The van der Waals surface area contributed by atoms with Crippen molar-refractivity contribution in [2.45, 2.75) is 43.6 Å². The summed E-state index contributed by atoms with van der Waals surface area (Å²) in [5.74, 6) is 1.80. The van der Waals surface area contributed by atoms with Crippen LogP contribution in [0.2, 0.25) is 0 Å². The Morgan fingerprint density at radius 2 is 1.96 bits per heavy atom. The Kier molecular flexibility index (Phi) is 4.42. The number of thioether (sulfide) groups is 1. The van der Waals surface area contributed by atoms with Gasteiger partial charge in [0.1, 0.15) is 0 Å². The van der Waals surface area contributed by atoms with Crippen LogP contribution in [-0.4, -0.2) is 30.3 Å². The van der Waals surface area contributed by atoms with Gasteiger partial charge in [-0.3, -0.25) is 0 Å². The van der Waals surface area contributed by atoms with Crippen LogP contribution in [0.25, 0.3) is 0 Å². The molecule has 0 fully saturated rings. The zero-order valence-electron chi connectivity index (χ0n) is 13.3. The third-order valence-electron chi connectivity index (χ3n) is 3.12. The van der Waals surface area contributed by atoms with Gasteiger partial charge in [0.2, 0.25) is 11.0 Å². The van der Waals surface area contributed by atoms with Gasteiger partial charge in [-0.05, 0) is 36.8 Å². The van der Waals surface area contributed by atoms with Crippen LogP contribution < -0.4 is 0 Å². The molecule has 0 N–H and O–H groups in total. The minimum atomic E-state index is -0.168. The van der Waals surface area contributed by atoms with Crippen LogP contribution in [0.3, 0.4) is 0 Å². The van der Waals surface area contributed by atoms with Gasteiger partial charge < -0.3 is 4.52 Å². The van der Waals surface area contributed by atoms with Crippen LogP contribution in [0.4, 0.5) is 0 Å². The number of aromatic nitrogens is 6. The molecular formula is C15H18N6OS. The number of rotatable bonds is 5. The number of benzene rings is 1. The molecule has 0 aliphatic rings. The summed E-state index contributed by atoms with van der Waals surface area (Å²) in [6.45, 7) is 6.16. The van der Waals surface area contributed by atoms with Gasteiger partial charge in [0, 0.05) is 6.42 Å². The molecule has 0 bridgehead atoms. The molecule has 3 rings (SSSR count). The van der Waals surface area contributed by atoms with Crippen LogP contribution in [0.5, 0.6) is 0 Å². The molecule has 2 aromatic heterocycles. The molecule has 0 radical (unpaired) electrons. The average molecular weight is 330 g/mol. The monoisotopic (exact) mass is 330 g/mol. The fraction of sp³-hybridized carbons (Fsp3) is 0.400. The second-order valence-electron chi connectivity index (χ2n) is 6.10. The van der Waals surface area contributed by atoms with Gasteiger partial charge in [-0.2, -0.15) is 4.98 Å². The lowest BCUT2D eigenvalue weighted by Crippen LogP contribution is -2.24. The molecule has 1 aromatic carbocycles. The molecule has 0 spiro atoms. The number of hydrogen-bond acceptors (Lipinski definition) is 7. The summed E-state index contributed by atoms with van der Waals surface area (Å²) in [5.41, 5.74) is 0.989. The Morgan fingerprint density at radius 3 is 2.70 bits per heavy atom. The number of tetrazole rings is 1. The van der Waals surface area contributed by atoms with Crippen molar-refractivity contribution in [3.8, 4) is 0 Å². The highest BCUT2D eigenvalue weighted by Gasteiger charge is 2.20. The van der Waals surface area contributed by atoms with Crippen molar-refractivity contribution in [3.63, 3.8) is 0 Å². The summed E-state index contributed by atoms with van der Waals surface area (Å²) in [6.07, 6.45) is 0.661. The van der Waals surface area contributed by atoms with Gasteiger partial charge in [0.05, 0.1) is 11.3 Å². The van der Waals surface area contributed by atoms with Crippen molar-refractivity contribution >= 4 is 11.8 Å². The Hall–Kier alpha value is -2.22. The number of hydrogen-bond donors (Lipinski definition) is 0. The minimum absolute atomic E-state index is 0.168. The average Bonchev–Trinajstić information content (AvgIpc) is 3.14. The van der Waals surface area contributed by atoms with Crippen molar-refractivity contribution in [3.05, 3.63) is 47.6 Å². The Bertz CT molecular complexity index is 762. The van der Waals surface area contributed by atoms with E-state index in [4.69, 9.17) is 4.52 Å². The van der Waals surface area contributed by atoms with E-state index in [1.54, 1.807) is 4.68 Å². The van der Waals surface area contributed by atoms with Crippen molar-refractivity contribution in [2.75, 3.05) is 0 Å². The summed E-state index contributed by atoms with van der Waals surface area (Å²) < 4.78 is 7.09. The smallest absolute Gasteiger partial charge is 0.237 e. The summed E-state index contributed by atoms with van der Waals surface area (Å²) >= 11 is 1.48. The Balaban J connectivity index is 1.63. The van der Waals surface area contributed by atoms with Crippen molar-refractivity contribution in [2.24, 2.45) is 0 Å². The maximum absolute atomic E-state index is 5.30. The maximum Gasteiger partial charge on any atom is 0.237 e. The highest BCUT2D eigenvalue weighted by atomic mass is 32.2. The van der Waals surface area contributed by atoms with Gasteiger partial charge in [0.15, 0.2) is 5.82 Å². The van der Waals surface area contributed by atoms with E-state index in [0.29, 0.717) is 23.9 Å². The van der Waals surface area contributed by atoms with E-state index in [9.17, 15) is 0 Å². The molecule has 0 aliphatic heterocycles. The van der Waals surface area contributed by atoms with E-state index < -0.39 is 0 Å². The Morgan fingerprint density at radius 1 is 1.17 bits per heavy atom. The van der Waals surface area contributed by atoms with E-state index in [0.717, 1.165) is 10.7 Å². The van der Waals surface area contributed by atoms with E-state index in [1.165, 1.54) is 11.8 Å². The Labute approximate surface area is 138 Å². The van der Waals surface area contributed by atoms with Crippen LogP contribution in [0, 0.1) is 0 Å². The lowest BCUT2D eigenvalue weighted by atomic mass is 10.1. The van der Waals surface area contributed by atoms with Crippen LogP contribution in [-0.2, 0) is 17.7 Å². The number of nitrogens with zero attached hydrogens (tertiary/aromatic N) is 6. The van der Waals surface area contributed by atoms with E-state index >= 15 is 0 Å². The molecule has 0 unspecified atom stereocenters. The largest absolute Gasteiger partial charge is 0.338 e. The van der Waals surface area contributed by atoms with Crippen LogP contribution in [0.1, 0.15) is 38.0 Å². The standard InChI is InChI=1S/C15H18N6OS/c1-15(2,3)21-14(17-19-20-21)23-10-13-16-12(18-22-13)9-11-7-5-4-6-8-11/h4-8H,9-10H2,1-3H3. The second-order valence-corrected chi connectivity index (χ2v) is 7.04. The molecule has 7 nitrogen and oxygen atoms in total. The summed E-state index contributed by atoms with van der Waals surface area (Å²) in [7, 11) is 0. The topological polar surface area (TPSA) is 82.5 Å². The molecule has 8 heteroatoms. The van der Waals surface area contributed by atoms with E-state index in [-0.39, 0.29) is 5.54 Å². The van der Waals surface area contributed by atoms with Crippen molar-refractivity contribution in [1.82, 2.24) is 30.3 Å². The molecule has 2 heterocycles. The van der Waals surface area contributed by atoms with Gasteiger partial charge in [-0.25, -0.2) is 4.68 Å². The predicted octanol–water partition coefficient (Wildman–Crippen LogP) is 2.69. The summed E-state index contributed by atoms with van der Waals surface area (Å²) in [4.78, 5) is 4.42. The highest BCUT2D eigenvalue weighted by molar-refractivity contribution is 7.98. The predicted molar refractivity (Wildman–Crippen MR) is 85.9 cm³/mol. The fourth-order valence-electron chi connectivity index (χ4n) is 2.02. The second kappa shape index (κ2) is 6.49.